The summed E-state index contributed by atoms with van der Waals surface area (Å²) < 4.78 is 0. The van der Waals surface area contributed by atoms with Gasteiger partial charge in [0.05, 0.1) is 0 Å². The van der Waals surface area contributed by atoms with Crippen LogP contribution in [0.15, 0.2) is 0 Å². The van der Waals surface area contributed by atoms with E-state index in [1.165, 1.54) is 45.1 Å². The standard InChI is InChI=1S/C14H29N3O/c1-2-17(13-9-5-3-6-10-13)12-8-4-7-11-14(18)16-15/h13H,2-12,15H2,1H3,(H,16,18). The van der Waals surface area contributed by atoms with Crippen LogP contribution in [0.4, 0.5) is 0 Å². The van der Waals surface area contributed by atoms with Crippen molar-refractivity contribution in [2.75, 3.05) is 13.1 Å². The van der Waals surface area contributed by atoms with Crippen molar-refractivity contribution < 1.29 is 4.79 Å². The number of amides is 1. The van der Waals surface area contributed by atoms with Crippen LogP contribution in [-0.2, 0) is 4.79 Å². The molecule has 1 amide bonds. The molecule has 0 saturated heterocycles. The molecule has 18 heavy (non-hydrogen) atoms. The van der Waals surface area contributed by atoms with Gasteiger partial charge in [-0.1, -0.05) is 32.6 Å². The quantitative estimate of drug-likeness (QED) is 0.302. The lowest BCUT2D eigenvalue weighted by Crippen LogP contribution is -2.37. The molecule has 1 aliphatic rings. The minimum Gasteiger partial charge on any atom is -0.301 e. The van der Waals surface area contributed by atoms with Crippen molar-refractivity contribution in [3.05, 3.63) is 0 Å². The highest BCUT2D eigenvalue weighted by Crippen LogP contribution is 2.22. The van der Waals surface area contributed by atoms with E-state index in [1.54, 1.807) is 0 Å². The van der Waals surface area contributed by atoms with Crippen LogP contribution in [0.5, 0.6) is 0 Å². The Morgan fingerprint density at radius 3 is 2.56 bits per heavy atom. The van der Waals surface area contributed by atoms with Gasteiger partial charge in [-0.25, -0.2) is 5.84 Å². The molecule has 0 heterocycles. The van der Waals surface area contributed by atoms with Gasteiger partial charge in [-0.05, 0) is 38.8 Å². The predicted molar refractivity (Wildman–Crippen MR) is 74.9 cm³/mol. The third-order valence-corrected chi connectivity index (χ3v) is 4.01. The Morgan fingerprint density at radius 2 is 1.94 bits per heavy atom. The number of carbonyl (C=O) groups excluding carboxylic acids is 1. The van der Waals surface area contributed by atoms with Gasteiger partial charge in [-0.3, -0.25) is 10.2 Å². The Bertz CT molecular complexity index is 227. The number of nitrogens with one attached hydrogen (secondary N) is 1. The van der Waals surface area contributed by atoms with Crippen LogP contribution in [0.3, 0.4) is 0 Å². The maximum atomic E-state index is 11.0. The van der Waals surface area contributed by atoms with Crippen LogP contribution in [0.25, 0.3) is 0 Å². The molecule has 0 atom stereocenters. The van der Waals surface area contributed by atoms with Crippen LogP contribution in [-0.4, -0.2) is 29.9 Å². The average Bonchev–Trinajstić information content (AvgIpc) is 2.43. The van der Waals surface area contributed by atoms with Crippen LogP contribution >= 0.6 is 0 Å². The Morgan fingerprint density at radius 1 is 1.22 bits per heavy atom. The van der Waals surface area contributed by atoms with E-state index >= 15 is 0 Å². The second-order valence-electron chi connectivity index (χ2n) is 5.30. The van der Waals surface area contributed by atoms with Gasteiger partial charge in [0.15, 0.2) is 0 Å². The van der Waals surface area contributed by atoms with Crippen molar-refractivity contribution in [2.24, 2.45) is 5.84 Å². The van der Waals surface area contributed by atoms with Gasteiger partial charge in [0.2, 0.25) is 5.91 Å². The summed E-state index contributed by atoms with van der Waals surface area (Å²) in [5.74, 6) is 5.00. The molecule has 1 fully saturated rings. The number of hydrazine groups is 1. The SMILES string of the molecule is CCN(CCCCCC(=O)NN)C1CCCCC1. The fraction of sp³-hybridized carbons (Fsp3) is 0.929. The van der Waals surface area contributed by atoms with Crippen molar-refractivity contribution >= 4 is 5.91 Å². The lowest BCUT2D eigenvalue weighted by atomic mass is 9.94. The average molecular weight is 255 g/mol. The van der Waals surface area contributed by atoms with Gasteiger partial charge in [0.1, 0.15) is 0 Å². The smallest absolute Gasteiger partial charge is 0.233 e. The summed E-state index contributed by atoms with van der Waals surface area (Å²) in [6, 6.07) is 0.816. The van der Waals surface area contributed by atoms with Crippen molar-refractivity contribution in [3.8, 4) is 0 Å². The summed E-state index contributed by atoms with van der Waals surface area (Å²) in [5.41, 5.74) is 2.18. The molecule has 0 bridgehead atoms. The number of hydrogen-bond acceptors (Lipinski definition) is 3. The summed E-state index contributed by atoms with van der Waals surface area (Å²) >= 11 is 0. The predicted octanol–water partition coefficient (Wildman–Crippen LogP) is 2.19. The fourth-order valence-electron chi connectivity index (χ4n) is 2.89. The summed E-state index contributed by atoms with van der Waals surface area (Å²) in [6.45, 7) is 4.61. The highest BCUT2D eigenvalue weighted by molar-refractivity contribution is 5.74. The van der Waals surface area contributed by atoms with Crippen molar-refractivity contribution in [3.63, 3.8) is 0 Å². The highest BCUT2D eigenvalue weighted by Gasteiger charge is 2.18. The molecule has 0 unspecified atom stereocenters. The van der Waals surface area contributed by atoms with Gasteiger partial charge >= 0.3 is 0 Å². The Labute approximate surface area is 111 Å². The number of rotatable bonds is 8. The molecule has 0 aliphatic heterocycles. The molecule has 4 heteroatoms. The lowest BCUT2D eigenvalue weighted by Gasteiger charge is -2.33. The first-order valence-electron chi connectivity index (χ1n) is 7.51. The van der Waals surface area contributed by atoms with E-state index in [0.717, 1.165) is 25.4 Å². The number of carbonyl (C=O) groups is 1. The molecular weight excluding hydrogens is 226 g/mol. The van der Waals surface area contributed by atoms with Gasteiger partial charge in [0, 0.05) is 12.5 Å². The maximum Gasteiger partial charge on any atom is 0.233 e. The van der Waals surface area contributed by atoms with Gasteiger partial charge in [-0.2, -0.15) is 0 Å². The van der Waals surface area contributed by atoms with E-state index in [-0.39, 0.29) is 5.91 Å². The monoisotopic (exact) mass is 255 g/mol. The van der Waals surface area contributed by atoms with Crippen LogP contribution < -0.4 is 11.3 Å². The molecule has 1 saturated carbocycles. The fourth-order valence-corrected chi connectivity index (χ4v) is 2.89. The van der Waals surface area contributed by atoms with Crippen LogP contribution in [0.1, 0.15) is 64.7 Å². The van der Waals surface area contributed by atoms with E-state index in [0.29, 0.717) is 6.42 Å². The first-order valence-corrected chi connectivity index (χ1v) is 7.51. The topological polar surface area (TPSA) is 58.4 Å². The summed E-state index contributed by atoms with van der Waals surface area (Å²) in [4.78, 5) is 13.6. The zero-order chi connectivity index (χ0) is 13.2. The largest absolute Gasteiger partial charge is 0.301 e. The Kier molecular flexibility index (Phi) is 8.01. The second-order valence-corrected chi connectivity index (χ2v) is 5.30. The number of hydrogen-bond donors (Lipinski definition) is 2. The molecule has 106 valence electrons. The van der Waals surface area contributed by atoms with Gasteiger partial charge in [-0.15, -0.1) is 0 Å². The molecule has 0 aromatic heterocycles. The van der Waals surface area contributed by atoms with Crippen LogP contribution in [0, 0.1) is 0 Å². The third kappa shape index (κ3) is 5.83. The summed E-state index contributed by atoms with van der Waals surface area (Å²) in [7, 11) is 0. The van der Waals surface area contributed by atoms with E-state index in [2.05, 4.69) is 17.2 Å². The highest BCUT2D eigenvalue weighted by atomic mass is 16.2. The van der Waals surface area contributed by atoms with E-state index in [1.807, 2.05) is 0 Å². The number of nitrogens with zero attached hydrogens (tertiary/aromatic N) is 1. The number of unbranched alkanes of at least 4 members (excludes halogenated alkanes) is 2. The molecule has 0 aromatic carbocycles. The first kappa shape index (κ1) is 15.4. The molecule has 3 N–H and O–H groups in total. The molecule has 4 nitrogen and oxygen atoms in total. The zero-order valence-electron chi connectivity index (χ0n) is 11.8. The lowest BCUT2D eigenvalue weighted by molar-refractivity contribution is -0.121. The summed E-state index contributed by atoms with van der Waals surface area (Å²) in [6.07, 6.45) is 10.8. The second kappa shape index (κ2) is 9.34. The van der Waals surface area contributed by atoms with Gasteiger partial charge < -0.3 is 4.90 Å². The number of nitrogens with two attached hydrogens (primary N) is 1. The first-order chi connectivity index (χ1) is 8.77. The molecule has 0 aromatic rings. The molecular formula is C14H29N3O. The Hall–Kier alpha value is -0.610. The molecule has 0 spiro atoms. The zero-order valence-corrected chi connectivity index (χ0v) is 11.8. The molecule has 1 aliphatic carbocycles. The molecule has 1 rings (SSSR count). The van der Waals surface area contributed by atoms with Crippen molar-refractivity contribution in [1.82, 2.24) is 10.3 Å². The van der Waals surface area contributed by atoms with E-state index in [4.69, 9.17) is 5.84 Å². The van der Waals surface area contributed by atoms with Crippen molar-refractivity contribution in [2.45, 2.75) is 70.8 Å². The van der Waals surface area contributed by atoms with Gasteiger partial charge in [0.25, 0.3) is 0 Å². The molecule has 0 radical (unpaired) electrons. The minimum atomic E-state index is -0.0466. The summed E-state index contributed by atoms with van der Waals surface area (Å²) in [5, 5.41) is 0. The van der Waals surface area contributed by atoms with E-state index < -0.39 is 0 Å². The van der Waals surface area contributed by atoms with Crippen molar-refractivity contribution in [1.29, 1.82) is 0 Å². The normalized spacial score (nSPS) is 17.1. The maximum absolute atomic E-state index is 11.0. The minimum absolute atomic E-state index is 0.0466. The third-order valence-electron chi connectivity index (χ3n) is 4.01. The Balaban J connectivity index is 2.09. The van der Waals surface area contributed by atoms with Crippen LogP contribution in [0.2, 0.25) is 0 Å². The van der Waals surface area contributed by atoms with E-state index in [9.17, 15) is 4.79 Å².